The Morgan fingerprint density at radius 2 is 1.00 bits per heavy atom. The third kappa shape index (κ3) is 7.23. The molecule has 3 saturated carbocycles. The molecule has 3 aliphatic rings. The summed E-state index contributed by atoms with van der Waals surface area (Å²) in [5.41, 5.74) is 0. The number of rotatable bonds is 6. The van der Waals surface area contributed by atoms with Gasteiger partial charge in [0.05, 0.1) is 0 Å². The van der Waals surface area contributed by atoms with Crippen LogP contribution < -0.4 is 0 Å². The first kappa shape index (κ1) is 32.0. The Labute approximate surface area is 229 Å². The highest BCUT2D eigenvalue weighted by Gasteiger charge is 2.44. The normalized spacial score (nSPS) is 49.6. The van der Waals surface area contributed by atoms with Crippen molar-refractivity contribution in [2.24, 2.45) is 88.8 Å². The van der Waals surface area contributed by atoms with Crippen molar-refractivity contribution in [2.45, 2.75) is 128 Å². The molecule has 0 N–H and O–H groups in total. The van der Waals surface area contributed by atoms with Crippen LogP contribution in [0.25, 0.3) is 0 Å². The summed E-state index contributed by atoms with van der Waals surface area (Å²) < 4.78 is 0. The molecule has 0 aliphatic heterocycles. The molecule has 0 aromatic heterocycles. The highest BCUT2D eigenvalue weighted by atomic mass is 14.5. The zero-order chi connectivity index (χ0) is 27.3. The van der Waals surface area contributed by atoms with E-state index in [1.165, 1.54) is 44.9 Å². The average Bonchev–Trinajstić information content (AvgIpc) is 2.83. The first-order valence-corrected chi connectivity index (χ1v) is 16.5. The first-order valence-electron chi connectivity index (χ1n) is 16.5. The molecule has 0 amide bonds. The Morgan fingerprint density at radius 3 is 1.58 bits per heavy atom. The van der Waals surface area contributed by atoms with Crippen LogP contribution in [0.4, 0.5) is 0 Å². The fourth-order valence-corrected chi connectivity index (χ4v) is 9.72. The van der Waals surface area contributed by atoms with Crippen molar-refractivity contribution in [3.63, 3.8) is 0 Å². The van der Waals surface area contributed by atoms with E-state index in [9.17, 15) is 0 Å². The minimum absolute atomic E-state index is 0.900. The average molecular weight is 501 g/mol. The van der Waals surface area contributed by atoms with E-state index in [2.05, 4.69) is 82.7 Å². The molecule has 15 unspecified atom stereocenters. The lowest BCUT2D eigenvalue weighted by Gasteiger charge is -2.50. The third-order valence-electron chi connectivity index (χ3n) is 13.3. The second kappa shape index (κ2) is 14.2. The van der Waals surface area contributed by atoms with Gasteiger partial charge in [0.25, 0.3) is 0 Å². The van der Waals surface area contributed by atoms with Crippen LogP contribution in [-0.4, -0.2) is 0 Å². The lowest BCUT2D eigenvalue weighted by atomic mass is 9.55. The molecule has 212 valence electrons. The summed E-state index contributed by atoms with van der Waals surface area (Å²) >= 11 is 0. The van der Waals surface area contributed by atoms with E-state index in [0.717, 1.165) is 88.8 Å². The van der Waals surface area contributed by atoms with Crippen molar-refractivity contribution in [3.05, 3.63) is 12.7 Å². The predicted molar refractivity (Wildman–Crippen MR) is 163 cm³/mol. The fourth-order valence-electron chi connectivity index (χ4n) is 9.72. The van der Waals surface area contributed by atoms with E-state index in [1.807, 2.05) is 6.92 Å². The first-order chi connectivity index (χ1) is 16.9. The van der Waals surface area contributed by atoms with Crippen LogP contribution in [0, 0.1) is 88.8 Å². The van der Waals surface area contributed by atoms with E-state index >= 15 is 0 Å². The zero-order valence-electron chi connectivity index (χ0n) is 26.9. The van der Waals surface area contributed by atoms with Gasteiger partial charge in [-0.2, -0.15) is 0 Å². The van der Waals surface area contributed by atoms with Gasteiger partial charge < -0.3 is 0 Å². The summed E-state index contributed by atoms with van der Waals surface area (Å²) in [5.74, 6) is 13.9. The maximum absolute atomic E-state index is 3.36. The summed E-state index contributed by atoms with van der Waals surface area (Å²) in [6.07, 6.45) is 12.2. The van der Waals surface area contributed by atoms with Gasteiger partial charge >= 0.3 is 0 Å². The van der Waals surface area contributed by atoms with E-state index in [0.29, 0.717) is 0 Å². The molecule has 3 rings (SSSR count). The Bertz CT molecular complexity index is 634. The number of hydrogen-bond donors (Lipinski definition) is 0. The van der Waals surface area contributed by atoms with Crippen molar-refractivity contribution in [1.82, 2.24) is 0 Å². The fraction of sp³-hybridized carbons (Fsp3) is 0.944. The molecular weight excluding hydrogens is 432 g/mol. The van der Waals surface area contributed by atoms with Gasteiger partial charge in [0.15, 0.2) is 0 Å². The van der Waals surface area contributed by atoms with Crippen LogP contribution in [0.2, 0.25) is 0 Å². The van der Waals surface area contributed by atoms with Crippen molar-refractivity contribution >= 4 is 0 Å². The Morgan fingerprint density at radius 1 is 0.528 bits per heavy atom. The van der Waals surface area contributed by atoms with Gasteiger partial charge in [-0.1, -0.05) is 88.7 Å². The summed E-state index contributed by atoms with van der Waals surface area (Å²) in [7, 11) is 0. The van der Waals surface area contributed by atoms with Crippen molar-refractivity contribution in [3.8, 4) is 0 Å². The molecule has 0 radical (unpaired) electrons. The van der Waals surface area contributed by atoms with Crippen molar-refractivity contribution in [2.75, 3.05) is 0 Å². The summed E-state index contributed by atoms with van der Waals surface area (Å²) in [4.78, 5) is 0. The minimum Gasteiger partial charge on any atom is -0.103 e. The minimum atomic E-state index is 0.900. The summed E-state index contributed by atoms with van der Waals surface area (Å²) in [6.45, 7) is 33.4. The quantitative estimate of drug-likeness (QED) is 0.318. The number of allylic oxidation sites excluding steroid dienone is 1. The molecule has 15 atom stereocenters. The maximum Gasteiger partial charge on any atom is -0.0357 e. The third-order valence-corrected chi connectivity index (χ3v) is 13.3. The number of hydrogen-bond acceptors (Lipinski definition) is 0. The van der Waals surface area contributed by atoms with Gasteiger partial charge in [-0.05, 0) is 134 Å². The molecule has 0 heteroatoms. The molecule has 0 aromatic carbocycles. The molecule has 0 heterocycles. The van der Waals surface area contributed by atoms with Crippen LogP contribution in [0.5, 0.6) is 0 Å². The van der Waals surface area contributed by atoms with Crippen molar-refractivity contribution in [1.29, 1.82) is 0 Å². The highest BCUT2D eigenvalue weighted by Crippen LogP contribution is 2.52. The van der Waals surface area contributed by atoms with Crippen LogP contribution in [0.15, 0.2) is 12.7 Å². The van der Waals surface area contributed by atoms with E-state index in [1.54, 1.807) is 6.08 Å². The van der Waals surface area contributed by atoms with Gasteiger partial charge in [0.2, 0.25) is 0 Å². The Hall–Kier alpha value is -0.260. The predicted octanol–water partition coefficient (Wildman–Crippen LogP) is 11.4. The van der Waals surface area contributed by atoms with Gasteiger partial charge in [-0.3, -0.25) is 0 Å². The highest BCUT2D eigenvalue weighted by molar-refractivity contribution is 4.93. The molecule has 3 fully saturated rings. The molecule has 0 spiro atoms. The van der Waals surface area contributed by atoms with Crippen LogP contribution >= 0.6 is 0 Å². The van der Waals surface area contributed by atoms with Crippen molar-refractivity contribution < 1.29 is 0 Å². The molecule has 0 nitrogen and oxygen atoms in total. The monoisotopic (exact) mass is 501 g/mol. The maximum atomic E-state index is 3.36. The molecular formula is C36H68. The second-order valence-corrected chi connectivity index (χ2v) is 14.9. The molecule has 0 bridgehead atoms. The summed E-state index contributed by atoms with van der Waals surface area (Å²) in [5, 5.41) is 0. The van der Waals surface area contributed by atoms with E-state index in [4.69, 9.17) is 0 Å². The van der Waals surface area contributed by atoms with E-state index in [-0.39, 0.29) is 0 Å². The zero-order valence-corrected chi connectivity index (χ0v) is 26.9. The topological polar surface area (TPSA) is 0 Å². The lowest BCUT2D eigenvalue weighted by Crippen LogP contribution is -2.42. The van der Waals surface area contributed by atoms with Crippen LogP contribution in [0.1, 0.15) is 128 Å². The van der Waals surface area contributed by atoms with Crippen LogP contribution in [0.3, 0.4) is 0 Å². The van der Waals surface area contributed by atoms with Gasteiger partial charge in [-0.25, -0.2) is 0 Å². The SMILES string of the molecule is C=CC.CCC1C(CCC2CC(C)C(C)C(C)C2C)CC(CC2C(C)CC(C)C(C)C2C)C(C)C1C. The molecule has 0 aromatic rings. The van der Waals surface area contributed by atoms with Crippen LogP contribution in [-0.2, 0) is 0 Å². The smallest absolute Gasteiger partial charge is 0.0357 e. The van der Waals surface area contributed by atoms with Gasteiger partial charge in [-0.15, -0.1) is 6.58 Å². The summed E-state index contributed by atoms with van der Waals surface area (Å²) in [6, 6.07) is 0. The molecule has 36 heavy (non-hydrogen) atoms. The second-order valence-electron chi connectivity index (χ2n) is 14.9. The molecule has 3 aliphatic carbocycles. The standard InChI is InChI=1S/C33H62.C3H6/c1-12-32-28(11)26(9)31(18-33-21(4)15-19(2)23(6)27(33)10)17-30(32)14-13-29-16-20(3)22(5)24(7)25(29)8;1-3-2/h19-33H,12-18H2,1-11H3;3H,1H2,2H3. The van der Waals surface area contributed by atoms with Gasteiger partial charge in [0.1, 0.15) is 0 Å². The Kier molecular flexibility index (Phi) is 12.6. The largest absolute Gasteiger partial charge is 0.103 e. The lowest BCUT2D eigenvalue weighted by molar-refractivity contribution is -0.00468. The van der Waals surface area contributed by atoms with Gasteiger partial charge in [0, 0.05) is 0 Å². The molecule has 0 saturated heterocycles. The van der Waals surface area contributed by atoms with E-state index < -0.39 is 0 Å². The Balaban J connectivity index is 0.00000145.